The van der Waals surface area contributed by atoms with Crippen LogP contribution in [0.25, 0.3) is 0 Å². The standard InChI is InChI=1S/C12H18N2O2/c1-4-7-14-8(2)10(15)13-12(3,11(14)16)9-5-6-9/h4,8-9H,1,5-7H2,2-3H3,(H,13,15). The Morgan fingerprint density at radius 3 is 2.69 bits per heavy atom. The van der Waals surface area contributed by atoms with Crippen LogP contribution in [-0.4, -0.2) is 34.8 Å². The molecule has 2 amide bonds. The van der Waals surface area contributed by atoms with Crippen molar-refractivity contribution in [1.29, 1.82) is 0 Å². The van der Waals surface area contributed by atoms with Crippen molar-refractivity contribution in [3.63, 3.8) is 0 Å². The summed E-state index contributed by atoms with van der Waals surface area (Å²) in [5.74, 6) is 0.279. The summed E-state index contributed by atoms with van der Waals surface area (Å²) in [6.07, 6.45) is 3.72. The third kappa shape index (κ3) is 1.52. The number of piperazine rings is 1. The molecule has 0 aromatic rings. The van der Waals surface area contributed by atoms with E-state index in [1.807, 2.05) is 6.92 Å². The number of nitrogens with zero attached hydrogens (tertiary/aromatic N) is 1. The molecule has 2 rings (SSSR count). The predicted octanol–water partition coefficient (Wildman–Crippen LogP) is 0.688. The van der Waals surface area contributed by atoms with Crippen LogP contribution in [0.1, 0.15) is 26.7 Å². The molecule has 1 saturated heterocycles. The maximum Gasteiger partial charge on any atom is 0.249 e. The van der Waals surface area contributed by atoms with Crippen molar-refractivity contribution in [3.05, 3.63) is 12.7 Å². The van der Waals surface area contributed by atoms with Crippen LogP contribution in [0.15, 0.2) is 12.7 Å². The van der Waals surface area contributed by atoms with Crippen LogP contribution in [0.3, 0.4) is 0 Å². The molecule has 0 aromatic heterocycles. The SMILES string of the molecule is C=CCN1C(=O)C(C)(C2CC2)NC(=O)C1C. The normalized spacial score (nSPS) is 34.9. The average Bonchev–Trinajstić information content (AvgIpc) is 3.05. The number of hydrogen-bond donors (Lipinski definition) is 1. The molecule has 2 atom stereocenters. The minimum atomic E-state index is -0.688. The highest BCUT2D eigenvalue weighted by molar-refractivity contribution is 5.99. The molecule has 1 aliphatic carbocycles. The van der Waals surface area contributed by atoms with E-state index in [2.05, 4.69) is 11.9 Å². The van der Waals surface area contributed by atoms with Gasteiger partial charge in [-0.05, 0) is 32.6 Å². The molecular weight excluding hydrogens is 204 g/mol. The predicted molar refractivity (Wildman–Crippen MR) is 60.6 cm³/mol. The van der Waals surface area contributed by atoms with E-state index in [9.17, 15) is 9.59 Å². The zero-order valence-electron chi connectivity index (χ0n) is 9.82. The Kier molecular flexibility index (Phi) is 2.52. The van der Waals surface area contributed by atoms with Gasteiger partial charge in [0.1, 0.15) is 11.6 Å². The lowest BCUT2D eigenvalue weighted by atomic mass is 9.89. The van der Waals surface area contributed by atoms with Crippen LogP contribution in [0.2, 0.25) is 0 Å². The van der Waals surface area contributed by atoms with Gasteiger partial charge >= 0.3 is 0 Å². The molecule has 16 heavy (non-hydrogen) atoms. The maximum atomic E-state index is 12.3. The Bertz CT molecular complexity index is 349. The number of rotatable bonds is 3. The molecule has 2 unspecified atom stereocenters. The van der Waals surface area contributed by atoms with E-state index in [4.69, 9.17) is 0 Å². The van der Waals surface area contributed by atoms with Crippen molar-refractivity contribution in [1.82, 2.24) is 10.2 Å². The molecule has 2 fully saturated rings. The van der Waals surface area contributed by atoms with Gasteiger partial charge in [-0.2, -0.15) is 0 Å². The summed E-state index contributed by atoms with van der Waals surface area (Å²) in [5, 5.41) is 2.88. The first-order valence-electron chi connectivity index (χ1n) is 5.74. The zero-order chi connectivity index (χ0) is 11.9. The first-order chi connectivity index (χ1) is 7.50. The highest BCUT2D eigenvalue weighted by Gasteiger charge is 2.54. The highest BCUT2D eigenvalue weighted by atomic mass is 16.2. The van der Waals surface area contributed by atoms with Gasteiger partial charge in [-0.1, -0.05) is 6.08 Å². The first kappa shape index (κ1) is 11.2. The molecular formula is C12H18N2O2. The van der Waals surface area contributed by atoms with Crippen molar-refractivity contribution in [2.24, 2.45) is 5.92 Å². The van der Waals surface area contributed by atoms with E-state index >= 15 is 0 Å². The van der Waals surface area contributed by atoms with Crippen LogP contribution in [0, 0.1) is 5.92 Å². The average molecular weight is 222 g/mol. The van der Waals surface area contributed by atoms with Gasteiger partial charge in [-0.15, -0.1) is 6.58 Å². The molecule has 1 heterocycles. The summed E-state index contributed by atoms with van der Waals surface area (Å²) in [6.45, 7) is 7.66. The first-order valence-corrected chi connectivity index (χ1v) is 5.74. The van der Waals surface area contributed by atoms with Crippen molar-refractivity contribution in [3.8, 4) is 0 Å². The largest absolute Gasteiger partial charge is 0.340 e. The molecule has 1 aliphatic heterocycles. The number of carbonyl (C=O) groups excluding carboxylic acids is 2. The third-order valence-corrected chi connectivity index (χ3v) is 3.65. The van der Waals surface area contributed by atoms with E-state index in [-0.39, 0.29) is 11.8 Å². The van der Waals surface area contributed by atoms with Crippen LogP contribution in [-0.2, 0) is 9.59 Å². The van der Waals surface area contributed by atoms with Crippen molar-refractivity contribution >= 4 is 11.8 Å². The Labute approximate surface area is 95.7 Å². The summed E-state index contributed by atoms with van der Waals surface area (Å²) < 4.78 is 0. The highest BCUT2D eigenvalue weighted by Crippen LogP contribution is 2.42. The quantitative estimate of drug-likeness (QED) is 0.714. The van der Waals surface area contributed by atoms with Crippen molar-refractivity contribution in [2.45, 2.75) is 38.3 Å². The molecule has 1 saturated carbocycles. The fourth-order valence-electron chi connectivity index (χ4n) is 2.35. The second-order valence-electron chi connectivity index (χ2n) is 4.89. The Morgan fingerprint density at radius 1 is 1.56 bits per heavy atom. The molecule has 0 aromatic carbocycles. The van der Waals surface area contributed by atoms with Gasteiger partial charge in [0, 0.05) is 6.54 Å². The van der Waals surface area contributed by atoms with Gasteiger partial charge < -0.3 is 10.2 Å². The minimum Gasteiger partial charge on any atom is -0.340 e. The molecule has 1 N–H and O–H groups in total. The molecule has 0 radical (unpaired) electrons. The Morgan fingerprint density at radius 2 is 2.19 bits per heavy atom. The zero-order valence-corrected chi connectivity index (χ0v) is 9.82. The lowest BCUT2D eigenvalue weighted by Crippen LogP contribution is -2.69. The van der Waals surface area contributed by atoms with Gasteiger partial charge in [0.2, 0.25) is 11.8 Å². The van der Waals surface area contributed by atoms with Crippen LogP contribution in [0.4, 0.5) is 0 Å². The molecule has 4 heteroatoms. The lowest BCUT2D eigenvalue weighted by molar-refractivity contribution is -0.153. The summed E-state index contributed by atoms with van der Waals surface area (Å²) in [7, 11) is 0. The Balaban J connectivity index is 2.27. The van der Waals surface area contributed by atoms with Crippen molar-refractivity contribution < 1.29 is 9.59 Å². The number of carbonyl (C=O) groups is 2. The maximum absolute atomic E-state index is 12.3. The smallest absolute Gasteiger partial charge is 0.249 e. The summed E-state index contributed by atoms with van der Waals surface area (Å²) in [4.78, 5) is 25.8. The lowest BCUT2D eigenvalue weighted by Gasteiger charge is -2.43. The third-order valence-electron chi connectivity index (χ3n) is 3.65. The second-order valence-corrected chi connectivity index (χ2v) is 4.89. The van der Waals surface area contributed by atoms with Gasteiger partial charge in [-0.25, -0.2) is 0 Å². The Hall–Kier alpha value is -1.32. The second kappa shape index (κ2) is 3.61. The number of hydrogen-bond acceptors (Lipinski definition) is 2. The number of amides is 2. The molecule has 4 nitrogen and oxygen atoms in total. The molecule has 0 bridgehead atoms. The molecule has 2 aliphatic rings. The van der Waals surface area contributed by atoms with E-state index in [1.54, 1.807) is 17.9 Å². The van der Waals surface area contributed by atoms with E-state index in [1.165, 1.54) is 0 Å². The number of nitrogens with one attached hydrogen (secondary N) is 1. The summed E-state index contributed by atoms with van der Waals surface area (Å²) >= 11 is 0. The molecule has 0 spiro atoms. The van der Waals surface area contributed by atoms with Crippen LogP contribution in [0.5, 0.6) is 0 Å². The van der Waals surface area contributed by atoms with Gasteiger partial charge in [0.25, 0.3) is 0 Å². The van der Waals surface area contributed by atoms with E-state index in [0.717, 1.165) is 12.8 Å². The topological polar surface area (TPSA) is 49.4 Å². The van der Waals surface area contributed by atoms with Gasteiger partial charge in [0.05, 0.1) is 0 Å². The summed E-state index contributed by atoms with van der Waals surface area (Å²) in [6, 6.07) is -0.391. The van der Waals surface area contributed by atoms with Gasteiger partial charge in [-0.3, -0.25) is 9.59 Å². The van der Waals surface area contributed by atoms with Crippen LogP contribution >= 0.6 is 0 Å². The monoisotopic (exact) mass is 222 g/mol. The van der Waals surface area contributed by atoms with Crippen molar-refractivity contribution in [2.75, 3.05) is 6.54 Å². The van der Waals surface area contributed by atoms with E-state index in [0.29, 0.717) is 12.5 Å². The van der Waals surface area contributed by atoms with E-state index < -0.39 is 11.6 Å². The fourth-order valence-corrected chi connectivity index (χ4v) is 2.35. The molecule has 88 valence electrons. The minimum absolute atomic E-state index is 0.0296. The summed E-state index contributed by atoms with van der Waals surface area (Å²) in [5.41, 5.74) is -0.688. The van der Waals surface area contributed by atoms with Crippen LogP contribution < -0.4 is 5.32 Å². The fraction of sp³-hybridized carbons (Fsp3) is 0.667. The van der Waals surface area contributed by atoms with Gasteiger partial charge in [0.15, 0.2) is 0 Å².